The zero-order valence-electron chi connectivity index (χ0n) is 40.4. The molecule has 3 aliphatic heterocycles. The molecule has 4 rings (SSSR count). The molecule has 15 atom stereocenters. The highest BCUT2D eigenvalue weighted by molar-refractivity contribution is 6.39. The predicted molar refractivity (Wildman–Crippen MR) is 245 cm³/mol. The molecule has 1 amide bonds. The zero-order valence-corrected chi connectivity index (χ0v) is 40.4. The molecule has 65 heavy (non-hydrogen) atoms. The first-order valence-electron chi connectivity index (χ1n) is 24.0. The van der Waals surface area contributed by atoms with Gasteiger partial charge in [0.2, 0.25) is 5.79 Å². The molecule has 4 N–H and O–H groups in total. The van der Waals surface area contributed by atoms with E-state index in [2.05, 4.69) is 0 Å². The predicted octanol–water partition coefficient (Wildman–Crippen LogP) is 5.77. The number of Topliss-reactive ketones (excluding diaryl/α,β-unsaturated/α-hetero) is 3. The highest BCUT2D eigenvalue weighted by atomic mass is 16.6. The third kappa shape index (κ3) is 14.3. The van der Waals surface area contributed by atoms with E-state index in [1.54, 1.807) is 34.0 Å². The molecule has 2 bridgehead atoms. The summed E-state index contributed by atoms with van der Waals surface area (Å²) in [6.45, 7) is 12.5. The minimum atomic E-state index is -2.44. The normalized spacial score (nSPS) is 40.4. The Hall–Kier alpha value is -3.37. The van der Waals surface area contributed by atoms with Crippen LogP contribution in [-0.2, 0) is 42.9 Å². The Morgan fingerprint density at radius 1 is 0.877 bits per heavy atom. The van der Waals surface area contributed by atoms with Crippen molar-refractivity contribution in [1.82, 2.24) is 4.90 Å². The Labute approximate surface area is 386 Å². The summed E-state index contributed by atoms with van der Waals surface area (Å²) in [4.78, 5) is 71.7. The second kappa shape index (κ2) is 25.1. The van der Waals surface area contributed by atoms with Gasteiger partial charge in [0, 0.05) is 63.9 Å². The lowest BCUT2D eigenvalue weighted by atomic mass is 9.75. The maximum Gasteiger partial charge on any atom is 0.329 e. The van der Waals surface area contributed by atoms with E-state index in [-0.39, 0.29) is 61.2 Å². The number of aliphatic hydroxyl groups excluding tert-OH is 3. The fourth-order valence-corrected chi connectivity index (χ4v) is 10.2. The lowest BCUT2D eigenvalue weighted by Crippen LogP contribution is -2.61. The number of piperidine rings is 1. The number of amides is 1. The summed E-state index contributed by atoms with van der Waals surface area (Å²) in [6.07, 6.45) is 11.2. The molecule has 3 heterocycles. The lowest BCUT2D eigenvalue weighted by Gasteiger charge is -2.42. The Balaban J connectivity index is 1.70. The number of fused-ring (bicyclic) bond motifs is 3. The number of allylic oxidation sites excluding steroid dienone is 6. The van der Waals surface area contributed by atoms with Crippen molar-refractivity contribution in [2.75, 3.05) is 27.4 Å². The van der Waals surface area contributed by atoms with Gasteiger partial charge in [-0.05, 0) is 107 Å². The van der Waals surface area contributed by atoms with Crippen molar-refractivity contribution in [2.45, 2.75) is 174 Å². The van der Waals surface area contributed by atoms with Crippen LogP contribution in [0, 0.1) is 41.4 Å². The zero-order chi connectivity index (χ0) is 48.2. The van der Waals surface area contributed by atoms with Crippen molar-refractivity contribution in [3.8, 4) is 0 Å². The summed E-state index contributed by atoms with van der Waals surface area (Å²) in [5, 5.41) is 43.7. The van der Waals surface area contributed by atoms with Crippen LogP contribution in [0.2, 0.25) is 0 Å². The second-order valence-electron chi connectivity index (χ2n) is 19.8. The summed E-state index contributed by atoms with van der Waals surface area (Å²) in [5.41, 5.74) is 1.25. The number of methoxy groups -OCH3 is 2. The fraction of sp³-hybridized carbons (Fsp3) is 0.745. The molecule has 14 heteroatoms. The van der Waals surface area contributed by atoms with Gasteiger partial charge in [-0.2, -0.15) is 0 Å². The van der Waals surface area contributed by atoms with Gasteiger partial charge in [-0.1, -0.05) is 71.1 Å². The number of carbonyl (C=O) groups is 5. The number of hydrogen-bond donors (Lipinski definition) is 4. The van der Waals surface area contributed by atoms with Crippen LogP contribution in [0.3, 0.4) is 0 Å². The van der Waals surface area contributed by atoms with Crippen molar-refractivity contribution in [1.29, 1.82) is 0 Å². The van der Waals surface area contributed by atoms with Crippen molar-refractivity contribution in [3.63, 3.8) is 0 Å². The Morgan fingerprint density at radius 3 is 2.28 bits per heavy atom. The van der Waals surface area contributed by atoms with E-state index in [0.29, 0.717) is 69.8 Å². The molecule has 0 radical (unpaired) electrons. The van der Waals surface area contributed by atoms with Gasteiger partial charge < -0.3 is 44.3 Å². The number of rotatable bonds is 6. The molecule has 3 fully saturated rings. The molecule has 1 unspecified atom stereocenters. The largest absolute Gasteiger partial charge is 0.460 e. The Bertz CT molecular complexity index is 1760. The SMILES string of the molecule is CO[C@H]1C[C@@H]2CC[C@@H](C)[C@@](O)(O2)C(=O)C(=O)N2CCCC[C@H]2C(=O)O[C@H]([C@H](C)CC2CC[C@@H](O)[C@H](CO)C2)CC(=O)[C@H](C)/C=C(\C)[C@@H](O)[C@@H](OC)C(=O)[C@H](C)C[C@H](C)/C=C/C=C/C=C/1C. The van der Waals surface area contributed by atoms with Gasteiger partial charge in [-0.25, -0.2) is 4.79 Å². The van der Waals surface area contributed by atoms with E-state index in [1.807, 2.05) is 58.1 Å². The number of carbonyl (C=O) groups excluding carboxylic acids is 5. The average molecular weight is 914 g/mol. The first-order chi connectivity index (χ1) is 30.7. The summed E-state index contributed by atoms with van der Waals surface area (Å²) in [6, 6.07) is -1.15. The van der Waals surface area contributed by atoms with Crippen molar-refractivity contribution in [3.05, 3.63) is 47.6 Å². The lowest BCUT2D eigenvalue weighted by molar-refractivity contribution is -0.265. The number of nitrogens with zero attached hydrogens (tertiary/aromatic N) is 1. The number of esters is 1. The van der Waals surface area contributed by atoms with Crippen molar-refractivity contribution < 1.29 is 63.3 Å². The number of ketones is 3. The van der Waals surface area contributed by atoms with Gasteiger partial charge >= 0.3 is 5.97 Å². The van der Waals surface area contributed by atoms with Gasteiger partial charge in [0.15, 0.2) is 5.78 Å². The molecular weight excluding hydrogens is 835 g/mol. The first-order valence-corrected chi connectivity index (χ1v) is 24.0. The van der Waals surface area contributed by atoms with Crippen LogP contribution >= 0.6 is 0 Å². The second-order valence-corrected chi connectivity index (χ2v) is 19.8. The van der Waals surface area contributed by atoms with Gasteiger partial charge in [0.05, 0.1) is 18.3 Å². The number of ether oxygens (including phenoxy) is 4. The van der Waals surface area contributed by atoms with Crippen LogP contribution in [-0.4, -0.2) is 130 Å². The fourth-order valence-electron chi connectivity index (χ4n) is 10.2. The van der Waals surface area contributed by atoms with Gasteiger partial charge in [0.1, 0.15) is 30.1 Å². The summed E-state index contributed by atoms with van der Waals surface area (Å²) >= 11 is 0. The van der Waals surface area contributed by atoms with E-state index in [1.165, 1.54) is 12.0 Å². The van der Waals surface area contributed by atoms with Gasteiger partial charge in [-0.3, -0.25) is 19.2 Å². The van der Waals surface area contributed by atoms with Crippen LogP contribution < -0.4 is 0 Å². The molecule has 4 aliphatic rings. The summed E-state index contributed by atoms with van der Waals surface area (Å²) < 4.78 is 23.8. The van der Waals surface area contributed by atoms with E-state index in [4.69, 9.17) is 18.9 Å². The maximum absolute atomic E-state index is 14.3. The summed E-state index contributed by atoms with van der Waals surface area (Å²) in [5.74, 6) is -8.40. The number of hydrogen-bond acceptors (Lipinski definition) is 13. The molecular formula is C51H79NO13. The quantitative estimate of drug-likeness (QED) is 0.142. The maximum atomic E-state index is 14.3. The average Bonchev–Trinajstić information content (AvgIpc) is 3.28. The number of aliphatic hydroxyl groups is 4. The minimum Gasteiger partial charge on any atom is -0.460 e. The first kappa shape index (κ1) is 54.2. The Morgan fingerprint density at radius 2 is 1.60 bits per heavy atom. The van der Waals surface area contributed by atoms with Gasteiger partial charge in [-0.15, -0.1) is 0 Å². The molecule has 1 saturated carbocycles. The van der Waals surface area contributed by atoms with Crippen LogP contribution in [0.4, 0.5) is 0 Å². The molecule has 2 saturated heterocycles. The highest BCUT2D eigenvalue weighted by Gasteiger charge is 2.53. The molecule has 0 spiro atoms. The molecule has 0 aromatic rings. The molecule has 14 nitrogen and oxygen atoms in total. The van der Waals surface area contributed by atoms with Crippen molar-refractivity contribution in [2.24, 2.45) is 41.4 Å². The Kier molecular flexibility index (Phi) is 21.0. The van der Waals surface area contributed by atoms with Crippen LogP contribution in [0.15, 0.2) is 47.6 Å². The monoisotopic (exact) mass is 914 g/mol. The van der Waals surface area contributed by atoms with Crippen molar-refractivity contribution >= 4 is 29.2 Å². The van der Waals surface area contributed by atoms with E-state index >= 15 is 0 Å². The molecule has 366 valence electrons. The summed E-state index contributed by atoms with van der Waals surface area (Å²) in [7, 11) is 2.94. The van der Waals surface area contributed by atoms with E-state index < -0.39 is 83.9 Å². The minimum absolute atomic E-state index is 0.0144. The van der Waals surface area contributed by atoms with Gasteiger partial charge in [0.25, 0.3) is 11.7 Å². The third-order valence-electron chi connectivity index (χ3n) is 14.6. The molecule has 1 aliphatic carbocycles. The van der Waals surface area contributed by atoms with E-state index in [0.717, 1.165) is 5.57 Å². The molecule has 0 aromatic carbocycles. The highest BCUT2D eigenvalue weighted by Crippen LogP contribution is 2.38. The standard InChI is InChI=1S/C51H79NO13/c1-30-15-11-10-12-16-31(2)43(62-8)27-39-20-18-36(7)51(61,65-39)48(58)49(59)52-22-14-13-17-40(52)50(60)64-44(33(4)25-37-19-21-41(54)38(26-37)29-53)28-42(55)32(3)24-35(6)46(57)47(63-9)45(56)34(5)23-30/h10-12,15-16,24,30,32-34,36-41,43-44,46-47,53-54,57,61H,13-14,17-23,25-29H2,1-9H3/b12-10+,15-11+,31-16+,35-24+/t30-,32-,33-,34-,36-,37?,38+,39+,40+,41-,43+,44+,46-,47+,51-/m1/s1. The topological polar surface area (TPSA) is 206 Å². The van der Waals surface area contributed by atoms with Crippen LogP contribution in [0.1, 0.15) is 126 Å². The third-order valence-corrected chi connectivity index (χ3v) is 14.6. The van der Waals surface area contributed by atoms with Crippen LogP contribution in [0.25, 0.3) is 0 Å². The number of cyclic esters (lactones) is 1. The molecule has 0 aromatic heterocycles. The van der Waals surface area contributed by atoms with Crippen LogP contribution in [0.5, 0.6) is 0 Å². The smallest absolute Gasteiger partial charge is 0.329 e. The van der Waals surface area contributed by atoms with E-state index in [9.17, 15) is 44.4 Å².